The number of nitrogens with zero attached hydrogens (tertiary/aromatic N) is 4. The molecule has 0 bridgehead atoms. The fraction of sp³-hybridized carbons (Fsp3) is 0.400. The Labute approximate surface area is 105 Å². The molecule has 0 aliphatic rings. The maximum absolute atomic E-state index is 12.0. The molecule has 7 heteroatoms. The van der Waals surface area contributed by atoms with Crippen LogP contribution in [-0.4, -0.2) is 19.1 Å². The van der Waals surface area contributed by atoms with Gasteiger partial charge in [-0.2, -0.15) is 0 Å². The van der Waals surface area contributed by atoms with Crippen LogP contribution in [0.3, 0.4) is 0 Å². The SMILES string of the molecule is CCn1c(=O)c2nc(Br)cnc2n(CC)c1=O. The monoisotopic (exact) mass is 298 g/mol. The van der Waals surface area contributed by atoms with E-state index >= 15 is 0 Å². The molecule has 0 spiro atoms. The first kappa shape index (κ1) is 12.0. The van der Waals surface area contributed by atoms with E-state index in [0.717, 1.165) is 4.57 Å². The van der Waals surface area contributed by atoms with Crippen molar-refractivity contribution in [2.75, 3.05) is 0 Å². The predicted molar refractivity (Wildman–Crippen MR) is 67.1 cm³/mol. The van der Waals surface area contributed by atoms with E-state index in [9.17, 15) is 9.59 Å². The molecule has 2 aromatic heterocycles. The van der Waals surface area contributed by atoms with Crippen molar-refractivity contribution in [3.63, 3.8) is 0 Å². The molecule has 0 atom stereocenters. The highest BCUT2D eigenvalue weighted by Crippen LogP contribution is 2.08. The van der Waals surface area contributed by atoms with Gasteiger partial charge in [0.25, 0.3) is 5.56 Å². The van der Waals surface area contributed by atoms with Crippen LogP contribution >= 0.6 is 15.9 Å². The molecule has 0 fully saturated rings. The summed E-state index contributed by atoms with van der Waals surface area (Å²) in [6, 6.07) is 0. The Morgan fingerprint density at radius 1 is 1.24 bits per heavy atom. The fourth-order valence-corrected chi connectivity index (χ4v) is 2.00. The van der Waals surface area contributed by atoms with Crippen molar-refractivity contribution in [2.24, 2.45) is 0 Å². The number of fused-ring (bicyclic) bond motifs is 1. The summed E-state index contributed by atoms with van der Waals surface area (Å²) in [6.07, 6.45) is 1.48. The zero-order chi connectivity index (χ0) is 12.6. The van der Waals surface area contributed by atoms with Gasteiger partial charge in [0.05, 0.1) is 6.20 Å². The summed E-state index contributed by atoms with van der Waals surface area (Å²) in [6.45, 7) is 4.35. The van der Waals surface area contributed by atoms with Crippen molar-refractivity contribution in [1.82, 2.24) is 19.1 Å². The van der Waals surface area contributed by atoms with E-state index in [0.29, 0.717) is 23.3 Å². The summed E-state index contributed by atoms with van der Waals surface area (Å²) < 4.78 is 3.08. The summed E-state index contributed by atoms with van der Waals surface area (Å²) in [5.41, 5.74) is -0.201. The lowest BCUT2D eigenvalue weighted by Gasteiger charge is -2.09. The Hall–Kier alpha value is -1.50. The number of rotatable bonds is 2. The largest absolute Gasteiger partial charge is 0.332 e. The van der Waals surface area contributed by atoms with Gasteiger partial charge in [-0.05, 0) is 29.8 Å². The van der Waals surface area contributed by atoms with E-state index in [1.54, 1.807) is 6.92 Å². The maximum atomic E-state index is 12.0. The third-order valence-electron chi connectivity index (χ3n) is 2.52. The highest BCUT2D eigenvalue weighted by Gasteiger charge is 2.13. The van der Waals surface area contributed by atoms with Crippen molar-refractivity contribution in [3.8, 4) is 0 Å². The number of hydrogen-bond donors (Lipinski definition) is 0. The summed E-state index contributed by atoms with van der Waals surface area (Å²) in [4.78, 5) is 32.2. The van der Waals surface area contributed by atoms with Crippen LogP contribution in [0.5, 0.6) is 0 Å². The molecule has 0 aliphatic carbocycles. The highest BCUT2D eigenvalue weighted by molar-refractivity contribution is 9.10. The molecule has 0 N–H and O–H groups in total. The second kappa shape index (κ2) is 4.40. The van der Waals surface area contributed by atoms with Gasteiger partial charge in [-0.1, -0.05) is 0 Å². The lowest BCUT2D eigenvalue weighted by molar-refractivity contribution is 0.603. The van der Waals surface area contributed by atoms with Crippen LogP contribution in [0.1, 0.15) is 13.8 Å². The van der Waals surface area contributed by atoms with Crippen molar-refractivity contribution in [3.05, 3.63) is 31.6 Å². The first-order valence-corrected chi connectivity index (χ1v) is 6.05. The molecular formula is C10H11BrN4O2. The van der Waals surface area contributed by atoms with Crippen molar-refractivity contribution >= 4 is 27.1 Å². The smallest absolute Gasteiger partial charge is 0.276 e. The van der Waals surface area contributed by atoms with Gasteiger partial charge in [0.1, 0.15) is 4.60 Å². The Morgan fingerprint density at radius 3 is 2.47 bits per heavy atom. The van der Waals surface area contributed by atoms with Gasteiger partial charge in [0.2, 0.25) is 0 Å². The topological polar surface area (TPSA) is 69.8 Å². The molecule has 0 saturated heterocycles. The number of aromatic nitrogens is 4. The molecule has 2 aromatic rings. The summed E-state index contributed by atoms with van der Waals surface area (Å²) in [7, 11) is 0. The minimum Gasteiger partial charge on any atom is -0.276 e. The zero-order valence-corrected chi connectivity index (χ0v) is 11.1. The molecule has 2 rings (SSSR count). The second-order valence-corrected chi connectivity index (χ2v) is 4.25. The zero-order valence-electron chi connectivity index (χ0n) is 9.47. The lowest BCUT2D eigenvalue weighted by atomic mass is 10.4. The van der Waals surface area contributed by atoms with E-state index in [1.165, 1.54) is 10.8 Å². The maximum Gasteiger partial charge on any atom is 0.332 e. The van der Waals surface area contributed by atoms with E-state index < -0.39 is 5.56 Å². The highest BCUT2D eigenvalue weighted by atomic mass is 79.9. The molecule has 0 aromatic carbocycles. The number of halogens is 1. The summed E-state index contributed by atoms with van der Waals surface area (Å²) in [5, 5.41) is 0. The van der Waals surface area contributed by atoms with Crippen molar-refractivity contribution < 1.29 is 0 Å². The average molecular weight is 299 g/mol. The van der Waals surface area contributed by atoms with Crippen LogP contribution < -0.4 is 11.2 Å². The molecular weight excluding hydrogens is 288 g/mol. The first-order valence-electron chi connectivity index (χ1n) is 5.26. The molecule has 0 radical (unpaired) electrons. The Kier molecular flexibility index (Phi) is 3.10. The van der Waals surface area contributed by atoms with Crippen LogP contribution in [0.15, 0.2) is 20.4 Å². The average Bonchev–Trinajstić information content (AvgIpc) is 2.31. The summed E-state index contributed by atoms with van der Waals surface area (Å²) >= 11 is 3.17. The van der Waals surface area contributed by atoms with Crippen molar-refractivity contribution in [2.45, 2.75) is 26.9 Å². The van der Waals surface area contributed by atoms with E-state index in [2.05, 4.69) is 25.9 Å². The fourth-order valence-electron chi connectivity index (χ4n) is 1.72. The minimum atomic E-state index is -0.397. The minimum absolute atomic E-state index is 0.211. The van der Waals surface area contributed by atoms with Crippen molar-refractivity contribution in [1.29, 1.82) is 0 Å². The third-order valence-corrected chi connectivity index (χ3v) is 2.90. The number of hydrogen-bond acceptors (Lipinski definition) is 4. The van der Waals surface area contributed by atoms with Gasteiger partial charge in [-0.3, -0.25) is 13.9 Å². The molecule has 6 nitrogen and oxygen atoms in total. The standard InChI is InChI=1S/C10H11BrN4O2/c1-3-14-8-7(13-6(11)5-12-8)9(16)15(4-2)10(14)17/h5H,3-4H2,1-2H3. The van der Waals surface area contributed by atoms with Gasteiger partial charge in [-0.15, -0.1) is 0 Å². The molecule has 17 heavy (non-hydrogen) atoms. The lowest BCUT2D eigenvalue weighted by Crippen LogP contribution is -2.40. The van der Waals surface area contributed by atoms with Gasteiger partial charge in [-0.25, -0.2) is 14.8 Å². The van der Waals surface area contributed by atoms with E-state index in [1.807, 2.05) is 6.92 Å². The van der Waals surface area contributed by atoms with Crippen LogP contribution in [0.4, 0.5) is 0 Å². The van der Waals surface area contributed by atoms with Crippen LogP contribution in [0, 0.1) is 0 Å². The Morgan fingerprint density at radius 2 is 1.88 bits per heavy atom. The molecule has 90 valence electrons. The van der Waals surface area contributed by atoms with Crippen LogP contribution in [-0.2, 0) is 13.1 Å². The predicted octanol–water partition coefficient (Wildman–Crippen LogP) is 0.755. The second-order valence-electron chi connectivity index (χ2n) is 3.44. The third kappa shape index (κ3) is 1.80. The van der Waals surface area contributed by atoms with E-state index in [-0.39, 0.29) is 11.2 Å². The van der Waals surface area contributed by atoms with Gasteiger partial charge in [0.15, 0.2) is 11.2 Å². The normalized spacial score (nSPS) is 11.0. The molecule has 0 saturated carbocycles. The van der Waals surface area contributed by atoms with Gasteiger partial charge >= 0.3 is 5.69 Å². The molecule has 0 amide bonds. The van der Waals surface area contributed by atoms with Gasteiger partial charge < -0.3 is 0 Å². The number of aryl methyl sites for hydroxylation is 1. The Balaban J connectivity index is 3.06. The first-order chi connectivity index (χ1) is 8.10. The quantitative estimate of drug-likeness (QED) is 0.820. The Bertz CT molecular complexity index is 689. The summed E-state index contributed by atoms with van der Waals surface area (Å²) in [5.74, 6) is 0. The molecule has 0 aliphatic heterocycles. The van der Waals surface area contributed by atoms with E-state index in [4.69, 9.17) is 0 Å². The molecule has 2 heterocycles. The van der Waals surface area contributed by atoms with Gasteiger partial charge in [0, 0.05) is 13.1 Å². The van der Waals surface area contributed by atoms with Crippen LogP contribution in [0.25, 0.3) is 11.2 Å². The van der Waals surface area contributed by atoms with Crippen LogP contribution in [0.2, 0.25) is 0 Å². The molecule has 0 unspecified atom stereocenters.